The van der Waals surface area contributed by atoms with Crippen LogP contribution in [0.15, 0.2) is 12.7 Å². The van der Waals surface area contributed by atoms with Crippen LogP contribution in [0.25, 0.3) is 0 Å². The Labute approximate surface area is 107 Å². The summed E-state index contributed by atoms with van der Waals surface area (Å²) in [5.41, 5.74) is 0. The van der Waals surface area contributed by atoms with Gasteiger partial charge in [0.2, 0.25) is 5.91 Å². The van der Waals surface area contributed by atoms with E-state index >= 15 is 0 Å². The monoisotopic (exact) mass is 256 g/mol. The van der Waals surface area contributed by atoms with Crippen LogP contribution < -0.4 is 5.32 Å². The van der Waals surface area contributed by atoms with Gasteiger partial charge in [0.1, 0.15) is 0 Å². The minimum atomic E-state index is -0.880. The van der Waals surface area contributed by atoms with Gasteiger partial charge in [0.15, 0.2) is 0 Å². The zero-order valence-electron chi connectivity index (χ0n) is 10.6. The average molecular weight is 256 g/mol. The smallest absolute Gasteiger partial charge is 0.305 e. The van der Waals surface area contributed by atoms with Crippen molar-refractivity contribution in [2.75, 3.05) is 26.3 Å². The van der Waals surface area contributed by atoms with Crippen molar-refractivity contribution in [3.05, 3.63) is 12.7 Å². The molecule has 0 saturated carbocycles. The summed E-state index contributed by atoms with van der Waals surface area (Å²) >= 11 is 0. The number of hydrogen-bond donors (Lipinski definition) is 2. The maximum atomic E-state index is 11.8. The van der Waals surface area contributed by atoms with Crippen LogP contribution in [0.4, 0.5) is 0 Å². The molecule has 18 heavy (non-hydrogen) atoms. The zero-order valence-corrected chi connectivity index (χ0v) is 10.6. The Morgan fingerprint density at radius 3 is 3.00 bits per heavy atom. The van der Waals surface area contributed by atoms with E-state index < -0.39 is 5.97 Å². The van der Waals surface area contributed by atoms with Crippen molar-refractivity contribution in [3.63, 3.8) is 0 Å². The second kappa shape index (κ2) is 7.13. The first kappa shape index (κ1) is 14.7. The molecular formula is C12H20N2O4. The molecule has 6 nitrogen and oxygen atoms in total. The fraction of sp³-hybridized carbons (Fsp3) is 0.667. The summed E-state index contributed by atoms with van der Waals surface area (Å²) in [4.78, 5) is 24.5. The standard InChI is InChI=1S/C12H20N2O4/c1-3-4-13-12(17)9(2)14-5-6-18-8-10(14)7-11(15)16/h3,9-10H,1,4-8H2,2H3,(H,13,17)(H,15,16). The third-order valence-electron chi connectivity index (χ3n) is 2.98. The third-order valence-corrected chi connectivity index (χ3v) is 2.98. The number of carboxylic acids is 1. The number of aliphatic carboxylic acids is 1. The Bertz CT molecular complexity index is 319. The molecule has 0 aromatic carbocycles. The lowest BCUT2D eigenvalue weighted by molar-refractivity contribution is -0.143. The van der Waals surface area contributed by atoms with Gasteiger partial charge in [-0.05, 0) is 6.92 Å². The molecule has 1 amide bonds. The molecule has 1 rings (SSSR count). The highest BCUT2D eigenvalue weighted by atomic mass is 16.5. The summed E-state index contributed by atoms with van der Waals surface area (Å²) in [6, 6.07) is -0.612. The van der Waals surface area contributed by atoms with E-state index in [0.29, 0.717) is 26.3 Å². The van der Waals surface area contributed by atoms with Crippen molar-refractivity contribution in [3.8, 4) is 0 Å². The predicted molar refractivity (Wildman–Crippen MR) is 66.2 cm³/mol. The zero-order chi connectivity index (χ0) is 13.5. The van der Waals surface area contributed by atoms with E-state index in [1.165, 1.54) is 0 Å². The molecule has 2 N–H and O–H groups in total. The number of carboxylic acid groups (broad SMARTS) is 1. The highest BCUT2D eigenvalue weighted by Gasteiger charge is 2.31. The number of amides is 1. The molecule has 2 atom stereocenters. The van der Waals surface area contributed by atoms with E-state index in [1.807, 2.05) is 4.90 Å². The van der Waals surface area contributed by atoms with Gasteiger partial charge in [0.25, 0.3) is 0 Å². The molecular weight excluding hydrogens is 236 g/mol. The van der Waals surface area contributed by atoms with E-state index in [0.717, 1.165) is 0 Å². The number of nitrogens with zero attached hydrogens (tertiary/aromatic N) is 1. The molecule has 102 valence electrons. The molecule has 2 unspecified atom stereocenters. The first-order chi connectivity index (χ1) is 8.56. The Morgan fingerprint density at radius 1 is 1.67 bits per heavy atom. The van der Waals surface area contributed by atoms with Gasteiger partial charge in [-0.1, -0.05) is 6.08 Å². The van der Waals surface area contributed by atoms with Crippen LogP contribution in [0.2, 0.25) is 0 Å². The summed E-state index contributed by atoms with van der Waals surface area (Å²) in [6.07, 6.45) is 1.59. The van der Waals surface area contributed by atoms with E-state index in [-0.39, 0.29) is 24.4 Å². The molecule has 1 fully saturated rings. The second-order valence-corrected chi connectivity index (χ2v) is 4.27. The van der Waals surface area contributed by atoms with Gasteiger partial charge in [-0.15, -0.1) is 6.58 Å². The fourth-order valence-corrected chi connectivity index (χ4v) is 2.03. The maximum absolute atomic E-state index is 11.8. The van der Waals surface area contributed by atoms with Crippen molar-refractivity contribution < 1.29 is 19.4 Å². The molecule has 1 aliphatic rings. The molecule has 0 radical (unpaired) electrons. The van der Waals surface area contributed by atoms with Crippen molar-refractivity contribution in [2.24, 2.45) is 0 Å². The molecule has 0 aromatic rings. The molecule has 0 bridgehead atoms. The van der Waals surface area contributed by atoms with Crippen LogP contribution in [0.5, 0.6) is 0 Å². The number of rotatable bonds is 6. The summed E-state index contributed by atoms with van der Waals surface area (Å²) in [6.45, 7) is 7.17. The number of nitrogens with one attached hydrogen (secondary N) is 1. The van der Waals surface area contributed by atoms with E-state index in [4.69, 9.17) is 9.84 Å². The SMILES string of the molecule is C=CCNC(=O)C(C)N1CCOCC1CC(=O)O. The predicted octanol–water partition coefficient (Wildman–Crippen LogP) is -0.147. The van der Waals surface area contributed by atoms with Crippen LogP contribution in [0.1, 0.15) is 13.3 Å². The number of carbonyl (C=O) groups is 2. The highest BCUT2D eigenvalue weighted by Crippen LogP contribution is 2.14. The van der Waals surface area contributed by atoms with Crippen LogP contribution >= 0.6 is 0 Å². The Balaban J connectivity index is 2.61. The van der Waals surface area contributed by atoms with Gasteiger partial charge < -0.3 is 15.2 Å². The fourth-order valence-electron chi connectivity index (χ4n) is 2.03. The average Bonchev–Trinajstić information content (AvgIpc) is 2.35. The normalized spacial score (nSPS) is 22.2. The highest BCUT2D eigenvalue weighted by molar-refractivity contribution is 5.81. The van der Waals surface area contributed by atoms with E-state index in [1.54, 1.807) is 13.0 Å². The second-order valence-electron chi connectivity index (χ2n) is 4.27. The molecule has 1 saturated heterocycles. The molecule has 0 aromatic heterocycles. The first-order valence-electron chi connectivity index (χ1n) is 6.00. The van der Waals surface area contributed by atoms with E-state index in [2.05, 4.69) is 11.9 Å². The van der Waals surface area contributed by atoms with Crippen molar-refractivity contribution >= 4 is 11.9 Å². The summed E-state index contributed by atoms with van der Waals surface area (Å²) in [5.74, 6) is -0.999. The molecule has 0 spiro atoms. The van der Waals surface area contributed by atoms with Gasteiger partial charge in [0, 0.05) is 19.1 Å². The summed E-state index contributed by atoms with van der Waals surface area (Å²) < 4.78 is 5.27. The number of hydrogen-bond acceptors (Lipinski definition) is 4. The first-order valence-corrected chi connectivity index (χ1v) is 6.00. The van der Waals surface area contributed by atoms with Gasteiger partial charge in [-0.3, -0.25) is 14.5 Å². The minimum absolute atomic E-state index is 0.0148. The molecule has 6 heteroatoms. The lowest BCUT2D eigenvalue weighted by atomic mass is 10.1. The van der Waals surface area contributed by atoms with E-state index in [9.17, 15) is 9.59 Å². The van der Waals surface area contributed by atoms with Crippen LogP contribution in [-0.4, -0.2) is 60.3 Å². The Morgan fingerprint density at radius 2 is 2.39 bits per heavy atom. The third kappa shape index (κ3) is 4.12. The van der Waals surface area contributed by atoms with Gasteiger partial charge in [-0.2, -0.15) is 0 Å². The summed E-state index contributed by atoms with van der Waals surface area (Å²) in [7, 11) is 0. The molecule has 1 aliphatic heterocycles. The Kier molecular flexibility index (Phi) is 5.80. The van der Waals surface area contributed by atoms with Crippen LogP contribution in [0.3, 0.4) is 0 Å². The topological polar surface area (TPSA) is 78.9 Å². The van der Waals surface area contributed by atoms with Crippen molar-refractivity contribution in [1.29, 1.82) is 0 Å². The van der Waals surface area contributed by atoms with Crippen LogP contribution in [0, 0.1) is 0 Å². The minimum Gasteiger partial charge on any atom is -0.481 e. The largest absolute Gasteiger partial charge is 0.481 e. The molecule has 0 aliphatic carbocycles. The Hall–Kier alpha value is -1.40. The number of morpholine rings is 1. The molecule has 1 heterocycles. The number of ether oxygens (including phenoxy) is 1. The lowest BCUT2D eigenvalue weighted by Crippen LogP contribution is -2.55. The van der Waals surface area contributed by atoms with Gasteiger partial charge >= 0.3 is 5.97 Å². The summed E-state index contributed by atoms with van der Waals surface area (Å²) in [5, 5.41) is 11.6. The van der Waals surface area contributed by atoms with Crippen molar-refractivity contribution in [2.45, 2.75) is 25.4 Å². The van der Waals surface area contributed by atoms with Gasteiger partial charge in [0.05, 0.1) is 25.7 Å². The van der Waals surface area contributed by atoms with Gasteiger partial charge in [-0.25, -0.2) is 0 Å². The maximum Gasteiger partial charge on any atom is 0.305 e. The van der Waals surface area contributed by atoms with Crippen LogP contribution in [-0.2, 0) is 14.3 Å². The quantitative estimate of drug-likeness (QED) is 0.646. The van der Waals surface area contributed by atoms with Crippen molar-refractivity contribution in [1.82, 2.24) is 10.2 Å². The lowest BCUT2D eigenvalue weighted by Gasteiger charge is -2.38. The number of carbonyl (C=O) groups excluding carboxylic acids is 1.